The molecule has 124 valence electrons. The largest absolute Gasteiger partial charge is 0.494 e. The van der Waals surface area contributed by atoms with Crippen LogP contribution in [-0.4, -0.2) is 43.6 Å². The van der Waals surface area contributed by atoms with Gasteiger partial charge in [0.25, 0.3) is 11.8 Å². The van der Waals surface area contributed by atoms with E-state index in [2.05, 4.69) is 10.6 Å². The van der Waals surface area contributed by atoms with Crippen LogP contribution in [0, 0.1) is 0 Å². The van der Waals surface area contributed by atoms with Gasteiger partial charge in [0.2, 0.25) is 0 Å². The number of esters is 1. The molecule has 0 aliphatic heterocycles. The van der Waals surface area contributed by atoms with Crippen LogP contribution in [0.1, 0.15) is 30.1 Å². The van der Waals surface area contributed by atoms with Crippen LogP contribution in [0.5, 0.6) is 5.75 Å². The van der Waals surface area contributed by atoms with Gasteiger partial charge in [-0.1, -0.05) is 0 Å². The zero-order chi connectivity index (χ0) is 16.7. The van der Waals surface area contributed by atoms with E-state index in [0.717, 1.165) is 12.8 Å². The number of rotatable bonds is 8. The van der Waals surface area contributed by atoms with Crippen LogP contribution in [-0.2, 0) is 14.3 Å². The van der Waals surface area contributed by atoms with Crippen LogP contribution in [0.25, 0.3) is 0 Å². The van der Waals surface area contributed by atoms with E-state index in [1.807, 2.05) is 6.92 Å². The van der Waals surface area contributed by atoms with E-state index in [9.17, 15) is 14.4 Å². The fourth-order valence-electron chi connectivity index (χ4n) is 1.82. The summed E-state index contributed by atoms with van der Waals surface area (Å²) in [5, 5.41) is 5.14. The van der Waals surface area contributed by atoms with Gasteiger partial charge < -0.3 is 20.1 Å². The Morgan fingerprint density at radius 1 is 1.17 bits per heavy atom. The summed E-state index contributed by atoms with van der Waals surface area (Å²) in [6.07, 6.45) is 1.94. The maximum Gasteiger partial charge on any atom is 0.325 e. The Hall–Kier alpha value is -2.57. The summed E-state index contributed by atoms with van der Waals surface area (Å²) in [5.41, 5.74) is 0.410. The van der Waals surface area contributed by atoms with Crippen LogP contribution in [0.2, 0.25) is 0 Å². The van der Waals surface area contributed by atoms with Gasteiger partial charge in [0.1, 0.15) is 12.3 Å². The van der Waals surface area contributed by atoms with Gasteiger partial charge in [0.05, 0.1) is 6.61 Å². The van der Waals surface area contributed by atoms with E-state index < -0.39 is 11.9 Å². The molecule has 7 nitrogen and oxygen atoms in total. The molecule has 0 unspecified atom stereocenters. The number of nitrogens with one attached hydrogen (secondary N) is 2. The Morgan fingerprint density at radius 2 is 1.87 bits per heavy atom. The first-order valence-electron chi connectivity index (χ1n) is 7.54. The molecule has 0 atom stereocenters. The molecular formula is C16H20N2O5. The Morgan fingerprint density at radius 3 is 2.48 bits per heavy atom. The molecule has 0 saturated heterocycles. The van der Waals surface area contributed by atoms with E-state index in [1.165, 1.54) is 0 Å². The number of benzene rings is 1. The smallest absolute Gasteiger partial charge is 0.325 e. The second-order valence-electron chi connectivity index (χ2n) is 5.14. The van der Waals surface area contributed by atoms with Crippen molar-refractivity contribution in [2.45, 2.75) is 25.8 Å². The Balaban J connectivity index is 1.68. The number of carbonyl (C=O) groups is 3. The third-order valence-corrected chi connectivity index (χ3v) is 3.13. The van der Waals surface area contributed by atoms with Gasteiger partial charge in [-0.05, 0) is 44.0 Å². The van der Waals surface area contributed by atoms with Crippen molar-refractivity contribution in [1.29, 1.82) is 0 Å². The Labute approximate surface area is 134 Å². The summed E-state index contributed by atoms with van der Waals surface area (Å²) < 4.78 is 10.1. The lowest BCUT2D eigenvalue weighted by atomic mass is 10.2. The SMILES string of the molecule is CCOc1ccc(C(=O)NCC(=O)OCC(=O)NC2CC2)cc1. The Bertz CT molecular complexity index is 566. The summed E-state index contributed by atoms with van der Waals surface area (Å²) in [6, 6.07) is 6.79. The highest BCUT2D eigenvalue weighted by Gasteiger charge is 2.23. The minimum absolute atomic E-state index is 0.223. The van der Waals surface area contributed by atoms with Crippen LogP contribution in [0.3, 0.4) is 0 Å². The van der Waals surface area contributed by atoms with Crippen LogP contribution < -0.4 is 15.4 Å². The molecule has 0 bridgehead atoms. The summed E-state index contributed by atoms with van der Waals surface area (Å²) in [5.74, 6) is -0.702. The van der Waals surface area contributed by atoms with E-state index in [0.29, 0.717) is 17.9 Å². The van der Waals surface area contributed by atoms with Gasteiger partial charge in [-0.3, -0.25) is 14.4 Å². The van der Waals surface area contributed by atoms with Crippen molar-refractivity contribution in [2.75, 3.05) is 19.8 Å². The van der Waals surface area contributed by atoms with Crippen molar-refractivity contribution in [1.82, 2.24) is 10.6 Å². The highest BCUT2D eigenvalue weighted by Crippen LogP contribution is 2.18. The van der Waals surface area contributed by atoms with Gasteiger partial charge in [0.15, 0.2) is 6.61 Å². The second-order valence-corrected chi connectivity index (χ2v) is 5.14. The minimum atomic E-state index is -0.657. The molecule has 2 rings (SSSR count). The van der Waals surface area contributed by atoms with Crippen molar-refractivity contribution in [3.05, 3.63) is 29.8 Å². The molecule has 1 aliphatic rings. The first kappa shape index (κ1) is 16.8. The molecule has 0 aromatic heterocycles. The van der Waals surface area contributed by atoms with E-state index in [-0.39, 0.29) is 25.1 Å². The lowest BCUT2D eigenvalue weighted by molar-refractivity contribution is -0.147. The fourth-order valence-corrected chi connectivity index (χ4v) is 1.82. The average molecular weight is 320 g/mol. The molecule has 23 heavy (non-hydrogen) atoms. The third kappa shape index (κ3) is 5.98. The molecule has 1 saturated carbocycles. The highest BCUT2D eigenvalue weighted by molar-refractivity contribution is 5.96. The summed E-state index contributed by atoms with van der Waals surface area (Å²) in [7, 11) is 0. The minimum Gasteiger partial charge on any atom is -0.494 e. The van der Waals surface area contributed by atoms with Crippen LogP contribution >= 0.6 is 0 Å². The highest BCUT2D eigenvalue weighted by atomic mass is 16.5. The van der Waals surface area contributed by atoms with E-state index >= 15 is 0 Å². The zero-order valence-electron chi connectivity index (χ0n) is 13.0. The van der Waals surface area contributed by atoms with Gasteiger partial charge in [-0.15, -0.1) is 0 Å². The predicted molar refractivity (Wildman–Crippen MR) is 82.1 cm³/mol. The molecule has 1 fully saturated rings. The third-order valence-electron chi connectivity index (χ3n) is 3.13. The van der Waals surface area contributed by atoms with Gasteiger partial charge in [-0.25, -0.2) is 0 Å². The summed E-state index contributed by atoms with van der Waals surface area (Å²) in [6.45, 7) is 1.81. The van der Waals surface area contributed by atoms with Crippen LogP contribution in [0.15, 0.2) is 24.3 Å². The monoisotopic (exact) mass is 320 g/mol. The molecule has 1 aromatic carbocycles. The first-order chi connectivity index (χ1) is 11.1. The van der Waals surface area contributed by atoms with Crippen molar-refractivity contribution >= 4 is 17.8 Å². The topological polar surface area (TPSA) is 93.7 Å². The standard InChI is InChI=1S/C16H20N2O5/c1-2-22-13-7-3-11(4-8-13)16(21)17-9-15(20)23-10-14(19)18-12-5-6-12/h3-4,7-8,12H,2,5-6,9-10H2,1H3,(H,17,21)(H,18,19). The van der Waals surface area contributed by atoms with Crippen molar-refractivity contribution < 1.29 is 23.9 Å². The van der Waals surface area contributed by atoms with E-state index in [4.69, 9.17) is 9.47 Å². The maximum absolute atomic E-state index is 11.9. The molecule has 0 spiro atoms. The molecule has 1 aliphatic carbocycles. The lowest BCUT2D eigenvalue weighted by Crippen LogP contribution is -2.34. The Kier molecular flexibility index (Phi) is 5.96. The molecule has 2 amide bonds. The zero-order valence-corrected chi connectivity index (χ0v) is 13.0. The first-order valence-corrected chi connectivity index (χ1v) is 7.54. The second kappa shape index (κ2) is 8.17. The molecule has 2 N–H and O–H groups in total. The number of ether oxygens (including phenoxy) is 2. The molecular weight excluding hydrogens is 300 g/mol. The predicted octanol–water partition coefficient (Wildman–Crippen LogP) is 0.637. The van der Waals surface area contributed by atoms with Crippen molar-refractivity contribution in [3.63, 3.8) is 0 Å². The fraction of sp³-hybridized carbons (Fsp3) is 0.438. The van der Waals surface area contributed by atoms with E-state index in [1.54, 1.807) is 24.3 Å². The number of hydrogen-bond acceptors (Lipinski definition) is 5. The molecule has 7 heteroatoms. The van der Waals surface area contributed by atoms with Crippen molar-refractivity contribution in [2.24, 2.45) is 0 Å². The average Bonchev–Trinajstić information content (AvgIpc) is 3.35. The number of amides is 2. The van der Waals surface area contributed by atoms with Crippen LogP contribution in [0.4, 0.5) is 0 Å². The maximum atomic E-state index is 11.9. The van der Waals surface area contributed by atoms with Gasteiger partial charge in [0, 0.05) is 11.6 Å². The summed E-state index contributed by atoms with van der Waals surface area (Å²) >= 11 is 0. The molecule has 0 radical (unpaired) electrons. The molecule has 0 heterocycles. The quantitative estimate of drug-likeness (QED) is 0.686. The summed E-state index contributed by atoms with van der Waals surface area (Å²) in [4.78, 5) is 34.7. The number of carbonyl (C=O) groups excluding carboxylic acids is 3. The van der Waals surface area contributed by atoms with Gasteiger partial charge >= 0.3 is 5.97 Å². The normalized spacial score (nSPS) is 13.1. The number of hydrogen-bond donors (Lipinski definition) is 2. The van der Waals surface area contributed by atoms with Gasteiger partial charge in [-0.2, -0.15) is 0 Å². The lowest BCUT2D eigenvalue weighted by Gasteiger charge is -2.07. The molecule has 1 aromatic rings. The van der Waals surface area contributed by atoms with Crippen molar-refractivity contribution in [3.8, 4) is 5.75 Å².